The number of rotatable bonds is 6. The van der Waals surface area contributed by atoms with Gasteiger partial charge in [0.25, 0.3) is 5.91 Å². The van der Waals surface area contributed by atoms with Crippen molar-refractivity contribution in [1.82, 2.24) is 5.32 Å². The van der Waals surface area contributed by atoms with E-state index in [0.29, 0.717) is 18.4 Å². The van der Waals surface area contributed by atoms with E-state index in [2.05, 4.69) is 30.6 Å². The van der Waals surface area contributed by atoms with Crippen LogP contribution in [0.5, 0.6) is 0 Å². The van der Waals surface area contributed by atoms with Crippen LogP contribution in [0.15, 0.2) is 60.8 Å². The molecule has 2 unspecified atom stereocenters. The third-order valence-corrected chi connectivity index (χ3v) is 3.36. The first-order valence-corrected chi connectivity index (χ1v) is 8.37. The summed E-state index contributed by atoms with van der Waals surface area (Å²) >= 11 is 0. The number of hydrogen-bond acceptors (Lipinski definition) is 1. The topological polar surface area (TPSA) is 29.1 Å². The van der Waals surface area contributed by atoms with Gasteiger partial charge < -0.3 is 5.32 Å². The summed E-state index contributed by atoms with van der Waals surface area (Å²) in [6.07, 6.45) is 13.6. The van der Waals surface area contributed by atoms with Gasteiger partial charge in [0.05, 0.1) is 0 Å². The molecule has 2 nitrogen and oxygen atoms in total. The van der Waals surface area contributed by atoms with E-state index in [4.69, 9.17) is 0 Å². The number of carbonyl (C=O) groups is 1. The van der Waals surface area contributed by atoms with Gasteiger partial charge in [-0.25, -0.2) is 0 Å². The second-order valence-corrected chi connectivity index (χ2v) is 4.73. The fraction of sp³-hybridized carbons (Fsp3) is 0.450. The lowest BCUT2D eigenvalue weighted by molar-refractivity contribution is -0.117. The molecular weight excluding hydrogens is 270 g/mol. The standard InChI is InChI=1S/C16H19NO.2C2H6.H2/c1-3-5-12(4-2)8-9-17-16(18)14-7-6-13-10-15(13)11-14;2*1-2;/h3-7,11,13,15H,1-2,8-10H2,(H,17,18);2*1-2H3;1H/b12-5+;;;. The Morgan fingerprint density at radius 1 is 1.32 bits per heavy atom. The van der Waals surface area contributed by atoms with E-state index in [1.54, 1.807) is 12.2 Å². The van der Waals surface area contributed by atoms with Gasteiger partial charge >= 0.3 is 0 Å². The van der Waals surface area contributed by atoms with Crippen molar-refractivity contribution < 1.29 is 6.22 Å². The van der Waals surface area contributed by atoms with Crippen molar-refractivity contribution in [2.45, 2.75) is 40.5 Å². The minimum absolute atomic E-state index is 0. The molecule has 2 rings (SSSR count). The summed E-state index contributed by atoms with van der Waals surface area (Å²) in [4.78, 5) is 11.9. The maximum Gasteiger partial charge on any atom is 0.250 e. The van der Waals surface area contributed by atoms with Crippen molar-refractivity contribution in [2.24, 2.45) is 11.8 Å². The molecule has 0 aromatic carbocycles. The molecule has 2 aliphatic carbocycles. The van der Waals surface area contributed by atoms with Crippen LogP contribution in [0.2, 0.25) is 0 Å². The zero-order chi connectivity index (χ0) is 17.0. The molecule has 2 aliphatic rings. The Hall–Kier alpha value is -1.83. The zero-order valence-corrected chi connectivity index (χ0v) is 14.6. The molecule has 2 heteroatoms. The Bertz CT molecular complexity index is 460. The first kappa shape index (κ1) is 20.2. The molecule has 0 aliphatic heterocycles. The molecule has 1 fully saturated rings. The van der Waals surface area contributed by atoms with E-state index in [-0.39, 0.29) is 7.33 Å². The molecular formula is C20H33NO. The summed E-state index contributed by atoms with van der Waals surface area (Å²) in [6.45, 7) is 16.0. The molecule has 22 heavy (non-hydrogen) atoms. The van der Waals surface area contributed by atoms with E-state index in [1.165, 1.54) is 6.42 Å². The molecule has 0 heterocycles. The van der Waals surface area contributed by atoms with Crippen molar-refractivity contribution in [2.75, 3.05) is 6.54 Å². The third-order valence-electron chi connectivity index (χ3n) is 3.36. The summed E-state index contributed by atoms with van der Waals surface area (Å²) in [7, 11) is 0. The fourth-order valence-electron chi connectivity index (χ4n) is 2.14. The Labute approximate surface area is 137 Å². The number of amides is 1. The maximum atomic E-state index is 11.9. The Kier molecular flexibility index (Phi) is 10.8. The number of carbonyl (C=O) groups excluding carboxylic acids is 1. The third kappa shape index (κ3) is 6.75. The lowest BCUT2D eigenvalue weighted by Gasteiger charge is -2.08. The minimum atomic E-state index is 0. The summed E-state index contributed by atoms with van der Waals surface area (Å²) in [5, 5.41) is 2.93. The Morgan fingerprint density at radius 2 is 2.00 bits per heavy atom. The average molecular weight is 303 g/mol. The van der Waals surface area contributed by atoms with Crippen LogP contribution < -0.4 is 5.32 Å². The molecule has 0 bridgehead atoms. The van der Waals surface area contributed by atoms with Crippen molar-refractivity contribution >= 4 is 5.91 Å². The van der Waals surface area contributed by atoms with Gasteiger partial charge in [0.1, 0.15) is 0 Å². The second kappa shape index (κ2) is 11.8. The Morgan fingerprint density at radius 3 is 2.55 bits per heavy atom. The molecule has 0 radical (unpaired) electrons. The highest BCUT2D eigenvalue weighted by atomic mass is 16.1. The average Bonchev–Trinajstić information content (AvgIpc) is 3.36. The number of allylic oxidation sites excluding steroid dienone is 5. The maximum absolute atomic E-state index is 11.9. The monoisotopic (exact) mass is 303 g/mol. The van der Waals surface area contributed by atoms with Crippen molar-refractivity contribution in [3.05, 3.63) is 60.8 Å². The van der Waals surface area contributed by atoms with E-state index in [9.17, 15) is 4.79 Å². The van der Waals surface area contributed by atoms with Gasteiger partial charge in [-0.05, 0) is 30.3 Å². The van der Waals surface area contributed by atoms with Crippen LogP contribution in [0.1, 0.15) is 42.0 Å². The highest BCUT2D eigenvalue weighted by Gasteiger charge is 2.35. The van der Waals surface area contributed by atoms with Gasteiger partial charge in [-0.1, -0.05) is 77.3 Å². The highest BCUT2D eigenvalue weighted by Crippen LogP contribution is 2.44. The zero-order valence-electron chi connectivity index (χ0n) is 14.6. The van der Waals surface area contributed by atoms with Crippen molar-refractivity contribution in [1.29, 1.82) is 0 Å². The van der Waals surface area contributed by atoms with E-state index < -0.39 is 0 Å². The van der Waals surface area contributed by atoms with Crippen LogP contribution >= 0.6 is 0 Å². The van der Waals surface area contributed by atoms with Gasteiger partial charge in [-0.2, -0.15) is 0 Å². The van der Waals surface area contributed by atoms with Crippen molar-refractivity contribution in [3.63, 3.8) is 0 Å². The normalized spacial score (nSPS) is 20.9. The summed E-state index contributed by atoms with van der Waals surface area (Å²) in [5.74, 6) is 1.34. The van der Waals surface area contributed by atoms with E-state index in [1.807, 2.05) is 39.8 Å². The molecule has 0 saturated heterocycles. The van der Waals surface area contributed by atoms with Crippen LogP contribution in [-0.4, -0.2) is 12.5 Å². The molecule has 1 amide bonds. The smallest absolute Gasteiger partial charge is 0.250 e. The molecule has 1 saturated carbocycles. The van der Waals surface area contributed by atoms with Gasteiger partial charge in [-0.15, -0.1) is 0 Å². The molecule has 0 aromatic rings. The van der Waals surface area contributed by atoms with Gasteiger partial charge in [0, 0.05) is 13.5 Å². The highest BCUT2D eigenvalue weighted by molar-refractivity contribution is 5.96. The summed E-state index contributed by atoms with van der Waals surface area (Å²) in [5.41, 5.74) is 1.89. The minimum Gasteiger partial charge on any atom is -0.352 e. The van der Waals surface area contributed by atoms with Crippen molar-refractivity contribution in [3.8, 4) is 0 Å². The lowest BCUT2D eigenvalue weighted by Crippen LogP contribution is -2.26. The summed E-state index contributed by atoms with van der Waals surface area (Å²) in [6, 6.07) is 0. The lowest BCUT2D eigenvalue weighted by atomic mass is 10.1. The first-order chi connectivity index (χ1) is 10.7. The second-order valence-electron chi connectivity index (χ2n) is 4.73. The molecule has 0 spiro atoms. The van der Waals surface area contributed by atoms with Crippen LogP contribution in [0.25, 0.3) is 0 Å². The number of nitrogens with one attached hydrogen (secondary N) is 1. The predicted molar refractivity (Wildman–Crippen MR) is 99.7 cm³/mol. The van der Waals surface area contributed by atoms with E-state index in [0.717, 1.165) is 17.6 Å². The number of hydrogen-bond donors (Lipinski definition) is 1. The van der Waals surface area contributed by atoms with Crippen LogP contribution in [-0.2, 0) is 4.79 Å². The molecule has 2 atom stereocenters. The van der Waals surface area contributed by atoms with Crippen LogP contribution in [0.4, 0.5) is 0 Å². The van der Waals surface area contributed by atoms with E-state index >= 15 is 0 Å². The SMILES string of the molecule is C=C/C=C(\C=C)CCNC(=O)C1=CC2CC2C=C1.CC.CC.[HH]. The number of fused-ring (bicyclic) bond motifs is 1. The first-order valence-electron chi connectivity index (χ1n) is 8.37. The predicted octanol–water partition coefficient (Wildman–Crippen LogP) is 5.22. The van der Waals surface area contributed by atoms with Crippen LogP contribution in [0.3, 0.4) is 0 Å². The van der Waals surface area contributed by atoms with Gasteiger partial charge in [-0.3, -0.25) is 4.79 Å². The van der Waals surface area contributed by atoms with Gasteiger partial charge in [0.15, 0.2) is 0 Å². The van der Waals surface area contributed by atoms with Crippen LogP contribution in [0, 0.1) is 11.8 Å². The molecule has 0 aromatic heterocycles. The molecule has 124 valence electrons. The van der Waals surface area contributed by atoms with Gasteiger partial charge in [0.2, 0.25) is 0 Å². The quantitative estimate of drug-likeness (QED) is 0.669. The Balaban J connectivity index is 0. The fourth-order valence-corrected chi connectivity index (χ4v) is 2.14. The largest absolute Gasteiger partial charge is 0.352 e. The summed E-state index contributed by atoms with van der Waals surface area (Å²) < 4.78 is 0. The molecule has 1 N–H and O–H groups in total.